The number of amides is 1. The second-order valence-corrected chi connectivity index (χ2v) is 5.18. The molecule has 0 bridgehead atoms. The standard InChI is InChI=1S/C18H15FN2O2/c1-11-17(20-12(2)23-11)13-6-8-16(9-7-13)21-18(22)14-4-3-5-15(19)10-14/h3-10H,1-2H3,(H,21,22). The lowest BCUT2D eigenvalue weighted by Crippen LogP contribution is -2.11. The van der Waals surface area contributed by atoms with Crippen LogP contribution in [0.15, 0.2) is 52.9 Å². The van der Waals surface area contributed by atoms with Gasteiger partial charge in [-0.2, -0.15) is 0 Å². The van der Waals surface area contributed by atoms with Crippen molar-refractivity contribution >= 4 is 11.6 Å². The molecule has 0 spiro atoms. The molecule has 3 rings (SSSR count). The zero-order valence-electron chi connectivity index (χ0n) is 12.8. The van der Waals surface area contributed by atoms with Gasteiger partial charge in [0.1, 0.15) is 17.3 Å². The highest BCUT2D eigenvalue weighted by atomic mass is 19.1. The summed E-state index contributed by atoms with van der Waals surface area (Å²) in [5.74, 6) is 0.565. The number of carbonyl (C=O) groups excluding carboxylic acids is 1. The number of hydrogen-bond donors (Lipinski definition) is 1. The van der Waals surface area contributed by atoms with Crippen LogP contribution in [0.25, 0.3) is 11.3 Å². The minimum absolute atomic E-state index is 0.275. The van der Waals surface area contributed by atoms with E-state index in [1.165, 1.54) is 18.2 Å². The van der Waals surface area contributed by atoms with Crippen molar-refractivity contribution < 1.29 is 13.6 Å². The minimum atomic E-state index is -0.440. The average Bonchev–Trinajstić information content (AvgIpc) is 2.86. The molecule has 23 heavy (non-hydrogen) atoms. The number of rotatable bonds is 3. The first-order valence-corrected chi connectivity index (χ1v) is 7.14. The van der Waals surface area contributed by atoms with Gasteiger partial charge < -0.3 is 9.73 Å². The van der Waals surface area contributed by atoms with Crippen LogP contribution >= 0.6 is 0 Å². The monoisotopic (exact) mass is 310 g/mol. The van der Waals surface area contributed by atoms with Crippen LogP contribution in [-0.2, 0) is 0 Å². The van der Waals surface area contributed by atoms with E-state index < -0.39 is 5.82 Å². The number of carbonyl (C=O) groups is 1. The van der Waals surface area contributed by atoms with Gasteiger partial charge in [-0.05, 0) is 37.3 Å². The molecule has 4 nitrogen and oxygen atoms in total. The number of anilines is 1. The van der Waals surface area contributed by atoms with Crippen LogP contribution in [0.2, 0.25) is 0 Å². The Morgan fingerprint density at radius 1 is 1.13 bits per heavy atom. The molecule has 0 saturated heterocycles. The SMILES string of the molecule is Cc1nc(-c2ccc(NC(=O)c3cccc(F)c3)cc2)c(C)o1. The van der Waals surface area contributed by atoms with Crippen molar-refractivity contribution in [2.45, 2.75) is 13.8 Å². The first-order valence-electron chi connectivity index (χ1n) is 7.14. The highest BCUT2D eigenvalue weighted by molar-refractivity contribution is 6.04. The van der Waals surface area contributed by atoms with Gasteiger partial charge in [0.15, 0.2) is 5.89 Å². The summed E-state index contributed by atoms with van der Waals surface area (Å²) in [7, 11) is 0. The summed E-state index contributed by atoms with van der Waals surface area (Å²) in [4.78, 5) is 16.4. The Morgan fingerprint density at radius 2 is 1.87 bits per heavy atom. The first-order chi connectivity index (χ1) is 11.0. The van der Waals surface area contributed by atoms with E-state index in [1.807, 2.05) is 19.1 Å². The summed E-state index contributed by atoms with van der Waals surface area (Å²) in [5, 5.41) is 2.73. The molecule has 2 aromatic carbocycles. The van der Waals surface area contributed by atoms with Crippen molar-refractivity contribution in [3.63, 3.8) is 0 Å². The van der Waals surface area contributed by atoms with Gasteiger partial charge in [0, 0.05) is 23.7 Å². The number of aromatic nitrogens is 1. The molecule has 0 aliphatic rings. The van der Waals surface area contributed by atoms with E-state index in [2.05, 4.69) is 10.3 Å². The number of aryl methyl sites for hydroxylation is 2. The van der Waals surface area contributed by atoms with E-state index in [0.29, 0.717) is 11.6 Å². The van der Waals surface area contributed by atoms with Crippen LogP contribution in [-0.4, -0.2) is 10.9 Å². The van der Waals surface area contributed by atoms with Gasteiger partial charge in [0.25, 0.3) is 5.91 Å². The van der Waals surface area contributed by atoms with Crippen LogP contribution in [0.3, 0.4) is 0 Å². The second-order valence-electron chi connectivity index (χ2n) is 5.18. The molecule has 0 atom stereocenters. The van der Waals surface area contributed by atoms with Gasteiger partial charge in [-0.3, -0.25) is 4.79 Å². The number of hydrogen-bond acceptors (Lipinski definition) is 3. The van der Waals surface area contributed by atoms with E-state index in [1.54, 1.807) is 25.1 Å². The van der Waals surface area contributed by atoms with Gasteiger partial charge in [-0.1, -0.05) is 18.2 Å². The molecule has 0 saturated carbocycles. The molecule has 0 aliphatic carbocycles. The van der Waals surface area contributed by atoms with Crippen molar-refractivity contribution in [3.8, 4) is 11.3 Å². The molecule has 5 heteroatoms. The van der Waals surface area contributed by atoms with E-state index in [4.69, 9.17) is 4.42 Å². The number of benzene rings is 2. The molecule has 3 aromatic rings. The fourth-order valence-corrected chi connectivity index (χ4v) is 2.34. The molecular formula is C18H15FN2O2. The molecule has 0 radical (unpaired) electrons. The number of nitrogens with one attached hydrogen (secondary N) is 1. The summed E-state index contributed by atoms with van der Waals surface area (Å²) >= 11 is 0. The zero-order valence-corrected chi connectivity index (χ0v) is 12.8. The van der Waals surface area contributed by atoms with Crippen molar-refractivity contribution in [3.05, 3.63) is 71.6 Å². The maximum absolute atomic E-state index is 13.2. The Hall–Kier alpha value is -2.95. The number of oxazole rings is 1. The molecule has 1 heterocycles. The molecule has 1 N–H and O–H groups in total. The Bertz CT molecular complexity index is 854. The van der Waals surface area contributed by atoms with E-state index in [0.717, 1.165) is 17.0 Å². The molecule has 0 unspecified atom stereocenters. The fraction of sp³-hybridized carbons (Fsp3) is 0.111. The topological polar surface area (TPSA) is 55.1 Å². The Morgan fingerprint density at radius 3 is 2.48 bits per heavy atom. The van der Waals surface area contributed by atoms with Crippen molar-refractivity contribution in [1.82, 2.24) is 4.98 Å². The van der Waals surface area contributed by atoms with Crippen LogP contribution < -0.4 is 5.32 Å². The summed E-state index contributed by atoms with van der Waals surface area (Å²) in [6.45, 7) is 3.65. The quantitative estimate of drug-likeness (QED) is 0.782. The maximum Gasteiger partial charge on any atom is 0.255 e. The summed E-state index contributed by atoms with van der Waals surface area (Å²) in [6, 6.07) is 12.8. The lowest BCUT2D eigenvalue weighted by molar-refractivity contribution is 0.102. The fourth-order valence-electron chi connectivity index (χ4n) is 2.34. The van der Waals surface area contributed by atoms with Gasteiger partial charge in [-0.25, -0.2) is 9.37 Å². The third-order valence-corrected chi connectivity index (χ3v) is 3.41. The lowest BCUT2D eigenvalue weighted by atomic mass is 10.1. The third-order valence-electron chi connectivity index (χ3n) is 3.41. The molecule has 1 amide bonds. The van der Waals surface area contributed by atoms with E-state index in [9.17, 15) is 9.18 Å². The van der Waals surface area contributed by atoms with Crippen molar-refractivity contribution in [2.24, 2.45) is 0 Å². The zero-order chi connectivity index (χ0) is 16.4. The number of halogens is 1. The molecule has 0 fully saturated rings. The van der Waals surface area contributed by atoms with Crippen LogP contribution in [0.4, 0.5) is 10.1 Å². The maximum atomic E-state index is 13.2. The Labute approximate surface area is 133 Å². The third kappa shape index (κ3) is 3.29. The number of nitrogens with zero attached hydrogens (tertiary/aromatic N) is 1. The smallest absolute Gasteiger partial charge is 0.255 e. The summed E-state index contributed by atoms with van der Waals surface area (Å²) < 4.78 is 18.6. The highest BCUT2D eigenvalue weighted by Crippen LogP contribution is 2.24. The normalized spacial score (nSPS) is 10.6. The van der Waals surface area contributed by atoms with Crippen molar-refractivity contribution in [1.29, 1.82) is 0 Å². The van der Waals surface area contributed by atoms with Crippen LogP contribution in [0.5, 0.6) is 0 Å². The van der Waals surface area contributed by atoms with E-state index >= 15 is 0 Å². The largest absolute Gasteiger partial charge is 0.446 e. The Balaban J connectivity index is 1.77. The van der Waals surface area contributed by atoms with Crippen LogP contribution in [0, 0.1) is 19.7 Å². The molecule has 1 aromatic heterocycles. The molecule has 0 aliphatic heterocycles. The van der Waals surface area contributed by atoms with Crippen LogP contribution in [0.1, 0.15) is 22.0 Å². The van der Waals surface area contributed by atoms with Crippen molar-refractivity contribution in [2.75, 3.05) is 5.32 Å². The van der Waals surface area contributed by atoms with Gasteiger partial charge in [0.05, 0.1) is 0 Å². The molecule has 116 valence electrons. The van der Waals surface area contributed by atoms with E-state index in [-0.39, 0.29) is 11.5 Å². The predicted octanol–water partition coefficient (Wildman–Crippen LogP) is 4.35. The summed E-state index contributed by atoms with van der Waals surface area (Å²) in [6.07, 6.45) is 0. The first kappa shape index (κ1) is 15.0. The average molecular weight is 310 g/mol. The predicted molar refractivity (Wildman–Crippen MR) is 85.8 cm³/mol. The highest BCUT2D eigenvalue weighted by Gasteiger charge is 2.10. The van der Waals surface area contributed by atoms with Gasteiger partial charge >= 0.3 is 0 Å². The van der Waals surface area contributed by atoms with Gasteiger partial charge in [0.2, 0.25) is 0 Å². The Kier molecular flexibility index (Phi) is 3.93. The minimum Gasteiger partial charge on any atom is -0.446 e. The summed E-state index contributed by atoms with van der Waals surface area (Å²) in [5.41, 5.74) is 2.59. The lowest BCUT2D eigenvalue weighted by Gasteiger charge is -2.06. The second kappa shape index (κ2) is 6.04. The molecular weight excluding hydrogens is 295 g/mol. The van der Waals surface area contributed by atoms with Gasteiger partial charge in [-0.15, -0.1) is 0 Å².